The minimum atomic E-state index is -0.0665. The van der Waals surface area contributed by atoms with Gasteiger partial charge in [0.25, 0.3) is 5.56 Å². The van der Waals surface area contributed by atoms with Crippen molar-refractivity contribution in [2.24, 2.45) is 0 Å². The van der Waals surface area contributed by atoms with E-state index in [4.69, 9.17) is 10.7 Å². The number of rotatable bonds is 3. The van der Waals surface area contributed by atoms with Crippen LogP contribution in [-0.4, -0.2) is 26.4 Å². The third-order valence-electron chi connectivity index (χ3n) is 5.39. The van der Waals surface area contributed by atoms with Crippen molar-refractivity contribution in [2.45, 2.75) is 19.5 Å². The van der Waals surface area contributed by atoms with Crippen molar-refractivity contribution < 1.29 is 0 Å². The van der Waals surface area contributed by atoms with Gasteiger partial charge in [-0.2, -0.15) is 0 Å². The molecule has 29 heavy (non-hydrogen) atoms. The molecule has 1 aliphatic heterocycles. The number of anilines is 1. The molecule has 2 aromatic carbocycles. The summed E-state index contributed by atoms with van der Waals surface area (Å²) in [6.07, 6.45) is 2.67. The molecule has 144 valence electrons. The first kappa shape index (κ1) is 17.6. The van der Waals surface area contributed by atoms with Crippen molar-refractivity contribution in [3.63, 3.8) is 0 Å². The van der Waals surface area contributed by atoms with Crippen molar-refractivity contribution in [3.05, 3.63) is 88.0 Å². The molecule has 3 heterocycles. The molecule has 0 unspecified atom stereocenters. The molecule has 6 heteroatoms. The Balaban J connectivity index is 1.39. The highest BCUT2D eigenvalue weighted by Gasteiger charge is 2.21. The monoisotopic (exact) mass is 383 g/mol. The summed E-state index contributed by atoms with van der Waals surface area (Å²) in [4.78, 5) is 27.2. The molecular formula is C23H21N5O. The van der Waals surface area contributed by atoms with Gasteiger partial charge in [-0.3, -0.25) is 14.7 Å². The molecule has 0 saturated carbocycles. The van der Waals surface area contributed by atoms with Gasteiger partial charge in [-0.15, -0.1) is 0 Å². The molecule has 0 bridgehead atoms. The number of hydrogen-bond donors (Lipinski definition) is 2. The number of para-hydroxylation sites is 1. The molecule has 0 atom stereocenters. The summed E-state index contributed by atoms with van der Waals surface area (Å²) in [7, 11) is 0. The zero-order chi connectivity index (χ0) is 19.8. The van der Waals surface area contributed by atoms with E-state index in [2.05, 4.69) is 27.0 Å². The second kappa shape index (κ2) is 7.14. The summed E-state index contributed by atoms with van der Waals surface area (Å²) in [5.74, 6) is 0.598. The van der Waals surface area contributed by atoms with Crippen LogP contribution in [-0.2, 0) is 19.5 Å². The van der Waals surface area contributed by atoms with Gasteiger partial charge in [-0.25, -0.2) is 4.98 Å². The number of aromatic nitrogens is 3. The first-order valence-corrected chi connectivity index (χ1v) is 9.70. The molecule has 0 aliphatic carbocycles. The Morgan fingerprint density at radius 3 is 2.79 bits per heavy atom. The third-order valence-corrected chi connectivity index (χ3v) is 5.39. The van der Waals surface area contributed by atoms with Crippen LogP contribution in [0.15, 0.2) is 65.6 Å². The number of nitrogens with one attached hydrogen (secondary N) is 1. The van der Waals surface area contributed by atoms with Crippen LogP contribution in [0.25, 0.3) is 22.3 Å². The topological polar surface area (TPSA) is 87.9 Å². The van der Waals surface area contributed by atoms with Crippen molar-refractivity contribution in [1.29, 1.82) is 0 Å². The van der Waals surface area contributed by atoms with Crippen molar-refractivity contribution in [3.8, 4) is 11.4 Å². The maximum Gasteiger partial charge on any atom is 0.255 e. The van der Waals surface area contributed by atoms with Crippen molar-refractivity contribution in [2.75, 3.05) is 12.3 Å². The van der Waals surface area contributed by atoms with E-state index in [9.17, 15) is 4.79 Å². The number of fused-ring (bicyclic) bond motifs is 2. The van der Waals surface area contributed by atoms with E-state index in [1.807, 2.05) is 48.7 Å². The number of pyridine rings is 1. The molecule has 4 aromatic rings. The average Bonchev–Trinajstić information content (AvgIpc) is 2.74. The second-order valence-electron chi connectivity index (χ2n) is 7.46. The van der Waals surface area contributed by atoms with Gasteiger partial charge in [0, 0.05) is 48.9 Å². The number of nitrogens with two attached hydrogens (primary N) is 1. The molecule has 0 spiro atoms. The zero-order valence-corrected chi connectivity index (χ0v) is 15.9. The van der Waals surface area contributed by atoms with E-state index in [0.717, 1.165) is 52.8 Å². The van der Waals surface area contributed by atoms with Crippen LogP contribution >= 0.6 is 0 Å². The fourth-order valence-electron chi connectivity index (χ4n) is 3.85. The Bertz CT molecular complexity index is 1250. The lowest BCUT2D eigenvalue weighted by Crippen LogP contribution is -2.35. The van der Waals surface area contributed by atoms with Crippen LogP contribution in [0.1, 0.15) is 16.8 Å². The lowest BCUT2D eigenvalue weighted by Gasteiger charge is -2.27. The lowest BCUT2D eigenvalue weighted by molar-refractivity contribution is 0.241. The van der Waals surface area contributed by atoms with Crippen molar-refractivity contribution in [1.82, 2.24) is 19.9 Å². The zero-order valence-electron chi connectivity index (χ0n) is 15.9. The number of aromatic amines is 1. The molecule has 0 radical (unpaired) electrons. The van der Waals surface area contributed by atoms with E-state index < -0.39 is 0 Å². The highest BCUT2D eigenvalue weighted by Crippen LogP contribution is 2.21. The summed E-state index contributed by atoms with van der Waals surface area (Å²) < 4.78 is 0. The van der Waals surface area contributed by atoms with E-state index in [1.165, 1.54) is 0 Å². The Labute approximate surface area is 168 Å². The predicted octanol–water partition coefficient (Wildman–Crippen LogP) is 3.13. The van der Waals surface area contributed by atoms with Crippen LogP contribution in [0.3, 0.4) is 0 Å². The van der Waals surface area contributed by atoms with Gasteiger partial charge in [0.2, 0.25) is 0 Å². The Morgan fingerprint density at radius 1 is 1.10 bits per heavy atom. The predicted molar refractivity (Wildman–Crippen MR) is 114 cm³/mol. The summed E-state index contributed by atoms with van der Waals surface area (Å²) >= 11 is 0. The number of nitrogens with zero attached hydrogens (tertiary/aromatic N) is 3. The van der Waals surface area contributed by atoms with Gasteiger partial charge in [-0.1, -0.05) is 18.2 Å². The highest BCUT2D eigenvalue weighted by molar-refractivity contribution is 5.78. The van der Waals surface area contributed by atoms with E-state index >= 15 is 0 Å². The van der Waals surface area contributed by atoms with Gasteiger partial charge >= 0.3 is 0 Å². The SMILES string of the molecule is Nc1ccc(-c2nc3c(c(=O)[nH]2)CN(Cc2cnc4ccccc4c2)CC3)cc1. The lowest BCUT2D eigenvalue weighted by atomic mass is 10.1. The van der Waals surface area contributed by atoms with Gasteiger partial charge in [-0.05, 0) is 42.0 Å². The van der Waals surface area contributed by atoms with Gasteiger partial charge in [0.05, 0.1) is 16.8 Å². The van der Waals surface area contributed by atoms with Crippen LogP contribution in [0.4, 0.5) is 5.69 Å². The fourth-order valence-corrected chi connectivity index (χ4v) is 3.85. The normalized spacial score (nSPS) is 14.1. The highest BCUT2D eigenvalue weighted by atomic mass is 16.1. The minimum absolute atomic E-state index is 0.0665. The number of hydrogen-bond acceptors (Lipinski definition) is 5. The van der Waals surface area contributed by atoms with E-state index in [-0.39, 0.29) is 5.56 Å². The maximum absolute atomic E-state index is 12.7. The van der Waals surface area contributed by atoms with E-state index in [0.29, 0.717) is 18.1 Å². The van der Waals surface area contributed by atoms with Crippen LogP contribution < -0.4 is 11.3 Å². The largest absolute Gasteiger partial charge is 0.399 e. The first-order chi connectivity index (χ1) is 14.2. The van der Waals surface area contributed by atoms with Gasteiger partial charge < -0.3 is 10.7 Å². The molecule has 0 fully saturated rings. The quantitative estimate of drug-likeness (QED) is 0.531. The first-order valence-electron chi connectivity index (χ1n) is 9.70. The smallest absolute Gasteiger partial charge is 0.255 e. The summed E-state index contributed by atoms with van der Waals surface area (Å²) in [5.41, 5.74) is 11.0. The standard InChI is InChI=1S/C23H21N5O/c24-18-7-5-16(6-8-18)22-26-21-9-10-28(14-19(21)23(29)27-22)13-15-11-17-3-1-2-4-20(17)25-12-15/h1-8,11-12H,9-10,13-14,24H2,(H,26,27,29). The van der Waals surface area contributed by atoms with Crippen molar-refractivity contribution >= 4 is 16.6 Å². The Kier molecular flexibility index (Phi) is 4.33. The third kappa shape index (κ3) is 3.50. The number of benzene rings is 2. The summed E-state index contributed by atoms with van der Waals surface area (Å²) in [6, 6.07) is 17.7. The number of H-pyrrole nitrogens is 1. The molecule has 1 aliphatic rings. The molecule has 5 rings (SSSR count). The van der Waals surface area contributed by atoms with Crippen LogP contribution in [0, 0.1) is 0 Å². The number of nitrogen functional groups attached to an aromatic ring is 1. The summed E-state index contributed by atoms with van der Waals surface area (Å²) in [5, 5.41) is 1.13. The molecule has 0 amide bonds. The Hall–Kier alpha value is -3.51. The average molecular weight is 383 g/mol. The second-order valence-corrected chi connectivity index (χ2v) is 7.46. The maximum atomic E-state index is 12.7. The molecule has 2 aromatic heterocycles. The van der Waals surface area contributed by atoms with Crippen LogP contribution in [0.5, 0.6) is 0 Å². The molecular weight excluding hydrogens is 362 g/mol. The molecule has 3 N–H and O–H groups in total. The molecule has 6 nitrogen and oxygen atoms in total. The van der Waals surface area contributed by atoms with Crippen LogP contribution in [0.2, 0.25) is 0 Å². The Morgan fingerprint density at radius 2 is 1.93 bits per heavy atom. The minimum Gasteiger partial charge on any atom is -0.399 e. The van der Waals surface area contributed by atoms with E-state index in [1.54, 1.807) is 0 Å². The molecule has 0 saturated heterocycles. The van der Waals surface area contributed by atoms with Gasteiger partial charge in [0.1, 0.15) is 5.82 Å². The van der Waals surface area contributed by atoms with Gasteiger partial charge in [0.15, 0.2) is 0 Å². The fraction of sp³-hybridized carbons (Fsp3) is 0.174. The summed E-state index contributed by atoms with van der Waals surface area (Å²) in [6.45, 7) is 2.21.